The Morgan fingerprint density at radius 1 is 1.55 bits per heavy atom. The molecular weight excluding hydrogens is 259 g/mol. The molecule has 1 aromatic carbocycles. The molecule has 6 heteroatoms. The number of hydrogen-bond acceptors (Lipinski definition) is 4. The Bertz CT molecular complexity index is 526. The van der Waals surface area contributed by atoms with Gasteiger partial charge in [0, 0.05) is 12.2 Å². The number of nitrogens with one attached hydrogen (secondary N) is 1. The summed E-state index contributed by atoms with van der Waals surface area (Å²) < 4.78 is 13.5. The molecule has 0 saturated heterocycles. The third-order valence-corrected chi connectivity index (χ3v) is 3.07. The number of nitrogens with zero attached hydrogens (tertiary/aromatic N) is 2. The number of nitriles is 1. The van der Waals surface area contributed by atoms with Gasteiger partial charge in [-0.05, 0) is 39.1 Å². The molecule has 0 aliphatic rings. The van der Waals surface area contributed by atoms with Gasteiger partial charge in [0.05, 0.1) is 23.7 Å². The van der Waals surface area contributed by atoms with Crippen molar-refractivity contribution in [1.29, 1.82) is 5.26 Å². The Labute approximate surface area is 118 Å². The van der Waals surface area contributed by atoms with Gasteiger partial charge < -0.3 is 11.1 Å². The number of amides is 1. The van der Waals surface area contributed by atoms with Gasteiger partial charge in [0.15, 0.2) is 0 Å². The van der Waals surface area contributed by atoms with Gasteiger partial charge in [-0.2, -0.15) is 5.26 Å². The highest BCUT2D eigenvalue weighted by molar-refractivity contribution is 5.95. The summed E-state index contributed by atoms with van der Waals surface area (Å²) >= 11 is 0. The van der Waals surface area contributed by atoms with E-state index in [4.69, 9.17) is 11.0 Å². The number of likely N-dealkylation sites (N-methyl/N-ethyl adjacent to an activating group) is 1. The van der Waals surface area contributed by atoms with Crippen LogP contribution in [0.1, 0.15) is 13.8 Å². The standard InChI is InChI=1S/C14H19FN4O/c1-9(7-16)8-19(3)10(2)14(20)18-13-6-11(17)4-5-12(13)15/h4-6,9-10H,8,17H2,1-3H3,(H,18,20). The van der Waals surface area contributed by atoms with Crippen molar-refractivity contribution in [2.45, 2.75) is 19.9 Å². The summed E-state index contributed by atoms with van der Waals surface area (Å²) in [6, 6.07) is 5.63. The first-order valence-corrected chi connectivity index (χ1v) is 6.31. The van der Waals surface area contributed by atoms with Crippen molar-refractivity contribution in [3.05, 3.63) is 24.0 Å². The summed E-state index contributed by atoms with van der Waals surface area (Å²) in [5, 5.41) is 11.3. The summed E-state index contributed by atoms with van der Waals surface area (Å²) in [4.78, 5) is 13.8. The van der Waals surface area contributed by atoms with E-state index in [0.717, 1.165) is 0 Å². The van der Waals surface area contributed by atoms with E-state index in [1.54, 1.807) is 25.8 Å². The second-order valence-corrected chi connectivity index (χ2v) is 4.87. The summed E-state index contributed by atoms with van der Waals surface area (Å²) in [5.74, 6) is -1.06. The van der Waals surface area contributed by atoms with Gasteiger partial charge in [-0.3, -0.25) is 9.69 Å². The summed E-state index contributed by atoms with van der Waals surface area (Å²) in [5.41, 5.74) is 5.99. The minimum atomic E-state index is -0.534. The fraction of sp³-hybridized carbons (Fsp3) is 0.429. The van der Waals surface area contributed by atoms with E-state index in [9.17, 15) is 9.18 Å². The molecule has 1 rings (SSSR count). The number of anilines is 2. The third kappa shape index (κ3) is 4.21. The molecule has 1 aromatic rings. The van der Waals surface area contributed by atoms with Crippen LogP contribution in [0.2, 0.25) is 0 Å². The Morgan fingerprint density at radius 2 is 2.20 bits per heavy atom. The molecule has 1 amide bonds. The van der Waals surface area contributed by atoms with E-state index >= 15 is 0 Å². The second kappa shape index (κ2) is 6.87. The highest BCUT2D eigenvalue weighted by Crippen LogP contribution is 2.18. The molecule has 0 aliphatic carbocycles. The van der Waals surface area contributed by atoms with Crippen molar-refractivity contribution in [1.82, 2.24) is 4.90 Å². The average Bonchev–Trinajstić information content (AvgIpc) is 2.41. The van der Waals surface area contributed by atoms with Gasteiger partial charge >= 0.3 is 0 Å². The van der Waals surface area contributed by atoms with Crippen molar-refractivity contribution >= 4 is 17.3 Å². The Kier molecular flexibility index (Phi) is 5.47. The molecule has 5 nitrogen and oxygen atoms in total. The zero-order valence-corrected chi connectivity index (χ0v) is 11.9. The first kappa shape index (κ1) is 15.9. The largest absolute Gasteiger partial charge is 0.399 e. The fourth-order valence-corrected chi connectivity index (χ4v) is 1.71. The van der Waals surface area contributed by atoms with E-state index < -0.39 is 11.9 Å². The van der Waals surface area contributed by atoms with Crippen LogP contribution in [0.4, 0.5) is 15.8 Å². The van der Waals surface area contributed by atoms with Gasteiger partial charge in [-0.1, -0.05) is 0 Å². The number of hydrogen-bond donors (Lipinski definition) is 2. The van der Waals surface area contributed by atoms with Crippen LogP contribution in [0.15, 0.2) is 18.2 Å². The van der Waals surface area contributed by atoms with Gasteiger partial charge in [0.1, 0.15) is 5.82 Å². The quantitative estimate of drug-likeness (QED) is 0.805. The van der Waals surface area contributed by atoms with E-state index in [0.29, 0.717) is 12.2 Å². The zero-order chi connectivity index (χ0) is 15.3. The molecular formula is C14H19FN4O. The maximum absolute atomic E-state index is 13.5. The average molecular weight is 278 g/mol. The zero-order valence-electron chi connectivity index (χ0n) is 11.9. The number of rotatable bonds is 5. The smallest absolute Gasteiger partial charge is 0.241 e. The molecule has 0 aliphatic heterocycles. The van der Waals surface area contributed by atoms with Crippen molar-refractivity contribution < 1.29 is 9.18 Å². The molecule has 0 fully saturated rings. The molecule has 0 radical (unpaired) electrons. The number of nitrogens with two attached hydrogens (primary N) is 1. The molecule has 2 unspecified atom stereocenters. The number of halogens is 1. The number of carbonyl (C=O) groups excluding carboxylic acids is 1. The van der Waals surface area contributed by atoms with E-state index in [1.807, 2.05) is 0 Å². The fourth-order valence-electron chi connectivity index (χ4n) is 1.71. The van der Waals surface area contributed by atoms with E-state index in [2.05, 4.69) is 11.4 Å². The van der Waals surface area contributed by atoms with Crippen LogP contribution in [0, 0.1) is 23.1 Å². The molecule has 0 saturated carbocycles. The first-order chi connectivity index (χ1) is 9.35. The second-order valence-electron chi connectivity index (χ2n) is 4.87. The Balaban J connectivity index is 2.71. The van der Waals surface area contributed by atoms with Gasteiger partial charge in [-0.25, -0.2) is 4.39 Å². The highest BCUT2D eigenvalue weighted by atomic mass is 19.1. The summed E-state index contributed by atoms with van der Waals surface area (Å²) in [6.45, 7) is 3.94. The Morgan fingerprint density at radius 3 is 2.80 bits per heavy atom. The molecule has 0 heterocycles. The van der Waals surface area contributed by atoms with Crippen LogP contribution < -0.4 is 11.1 Å². The lowest BCUT2D eigenvalue weighted by Crippen LogP contribution is -2.41. The first-order valence-electron chi connectivity index (χ1n) is 6.31. The van der Waals surface area contributed by atoms with Crippen LogP contribution in [-0.4, -0.2) is 30.4 Å². The minimum Gasteiger partial charge on any atom is -0.399 e. The highest BCUT2D eigenvalue weighted by Gasteiger charge is 2.20. The van der Waals surface area contributed by atoms with Crippen LogP contribution in [0.5, 0.6) is 0 Å². The third-order valence-electron chi connectivity index (χ3n) is 3.07. The molecule has 0 bridgehead atoms. The van der Waals surface area contributed by atoms with Gasteiger partial charge in [0.25, 0.3) is 0 Å². The summed E-state index contributed by atoms with van der Waals surface area (Å²) in [6.07, 6.45) is 0. The van der Waals surface area contributed by atoms with Gasteiger partial charge in [0.2, 0.25) is 5.91 Å². The van der Waals surface area contributed by atoms with Crippen LogP contribution in [0.3, 0.4) is 0 Å². The van der Waals surface area contributed by atoms with Gasteiger partial charge in [-0.15, -0.1) is 0 Å². The van der Waals surface area contributed by atoms with Crippen LogP contribution in [-0.2, 0) is 4.79 Å². The number of nitrogen functional groups attached to an aromatic ring is 1. The predicted octanol–water partition coefficient (Wildman–Crippen LogP) is 1.83. The van der Waals surface area contributed by atoms with E-state index in [-0.39, 0.29) is 17.5 Å². The van der Waals surface area contributed by atoms with Crippen LogP contribution in [0.25, 0.3) is 0 Å². The molecule has 2 atom stereocenters. The van der Waals surface area contributed by atoms with Crippen molar-refractivity contribution in [2.24, 2.45) is 5.92 Å². The normalized spacial score (nSPS) is 13.6. The summed E-state index contributed by atoms with van der Waals surface area (Å²) in [7, 11) is 1.74. The minimum absolute atomic E-state index is 0.0589. The van der Waals surface area contributed by atoms with Crippen molar-refractivity contribution in [3.8, 4) is 6.07 Å². The maximum atomic E-state index is 13.5. The van der Waals surface area contributed by atoms with Crippen molar-refractivity contribution in [2.75, 3.05) is 24.6 Å². The lowest BCUT2D eigenvalue weighted by Gasteiger charge is -2.24. The molecule has 108 valence electrons. The SMILES string of the molecule is CC(C#N)CN(C)C(C)C(=O)Nc1cc(N)ccc1F. The topological polar surface area (TPSA) is 82.2 Å². The van der Waals surface area contributed by atoms with Crippen molar-refractivity contribution in [3.63, 3.8) is 0 Å². The lowest BCUT2D eigenvalue weighted by molar-refractivity contribution is -0.120. The molecule has 3 N–H and O–H groups in total. The maximum Gasteiger partial charge on any atom is 0.241 e. The number of benzene rings is 1. The molecule has 0 spiro atoms. The molecule has 20 heavy (non-hydrogen) atoms. The molecule has 0 aromatic heterocycles. The van der Waals surface area contributed by atoms with E-state index in [1.165, 1.54) is 18.2 Å². The Hall–Kier alpha value is -2.13. The number of carbonyl (C=O) groups is 1. The monoisotopic (exact) mass is 278 g/mol. The predicted molar refractivity (Wildman–Crippen MR) is 76.3 cm³/mol. The van der Waals surface area contributed by atoms with Crippen LogP contribution >= 0.6 is 0 Å². The lowest BCUT2D eigenvalue weighted by atomic mass is 10.1.